The van der Waals surface area contributed by atoms with Crippen molar-refractivity contribution in [2.24, 2.45) is 5.92 Å². The average molecular weight is 231 g/mol. The third-order valence-electron chi connectivity index (χ3n) is 4.49. The van der Waals surface area contributed by atoms with Gasteiger partial charge in [0.1, 0.15) is 0 Å². The second kappa shape index (κ2) is 5.22. The van der Waals surface area contributed by atoms with Gasteiger partial charge in [-0.1, -0.05) is 50.6 Å². The first-order valence-corrected chi connectivity index (χ1v) is 6.95. The predicted octanol–water partition coefficient (Wildman–Crippen LogP) is 3.74. The van der Waals surface area contributed by atoms with Gasteiger partial charge in [0, 0.05) is 11.5 Å². The van der Waals surface area contributed by atoms with Gasteiger partial charge in [0.05, 0.1) is 0 Å². The summed E-state index contributed by atoms with van der Waals surface area (Å²) in [4.78, 5) is 0. The highest BCUT2D eigenvalue weighted by atomic mass is 14.9. The van der Waals surface area contributed by atoms with E-state index in [9.17, 15) is 0 Å². The molecule has 1 aliphatic rings. The molecule has 94 valence electrons. The molecular formula is C16H25N. The van der Waals surface area contributed by atoms with E-state index in [1.54, 1.807) is 0 Å². The number of hydrogen-bond acceptors (Lipinski definition) is 1. The Labute approximate surface area is 106 Å². The quantitative estimate of drug-likeness (QED) is 0.786. The van der Waals surface area contributed by atoms with Crippen LogP contribution in [0.3, 0.4) is 0 Å². The van der Waals surface area contributed by atoms with Gasteiger partial charge >= 0.3 is 0 Å². The van der Waals surface area contributed by atoms with Crippen LogP contribution in [-0.4, -0.2) is 13.1 Å². The summed E-state index contributed by atoms with van der Waals surface area (Å²) in [6.07, 6.45) is 5.27. The molecule has 0 aliphatic heterocycles. The number of likely N-dealkylation sites (N-methyl/N-ethyl adjacent to an activating group) is 1. The third kappa shape index (κ3) is 2.55. The Hall–Kier alpha value is -0.820. The smallest absolute Gasteiger partial charge is 0.0164 e. The normalized spacial score (nSPS) is 20.9. The van der Waals surface area contributed by atoms with E-state index in [1.165, 1.54) is 31.2 Å². The third-order valence-corrected chi connectivity index (χ3v) is 4.49. The molecule has 1 aromatic rings. The fourth-order valence-corrected chi connectivity index (χ4v) is 2.93. The first-order valence-electron chi connectivity index (χ1n) is 6.95. The Morgan fingerprint density at radius 1 is 1.24 bits per heavy atom. The minimum absolute atomic E-state index is 0.430. The highest BCUT2D eigenvalue weighted by Crippen LogP contribution is 2.52. The van der Waals surface area contributed by atoms with Crippen molar-refractivity contribution in [2.75, 3.05) is 7.05 Å². The second-order valence-corrected chi connectivity index (χ2v) is 5.61. The van der Waals surface area contributed by atoms with Crippen molar-refractivity contribution < 1.29 is 0 Å². The molecule has 1 N–H and O–H groups in total. The summed E-state index contributed by atoms with van der Waals surface area (Å²) in [6, 6.07) is 11.7. The molecule has 0 heterocycles. The summed E-state index contributed by atoms with van der Waals surface area (Å²) in [7, 11) is 2.12. The van der Waals surface area contributed by atoms with Gasteiger partial charge in [-0.05, 0) is 37.8 Å². The van der Waals surface area contributed by atoms with Crippen LogP contribution in [0.5, 0.6) is 0 Å². The minimum Gasteiger partial charge on any atom is -0.316 e. The van der Waals surface area contributed by atoms with Crippen LogP contribution in [0.25, 0.3) is 0 Å². The van der Waals surface area contributed by atoms with Crippen molar-refractivity contribution in [3.05, 3.63) is 35.9 Å². The van der Waals surface area contributed by atoms with Crippen LogP contribution < -0.4 is 5.32 Å². The van der Waals surface area contributed by atoms with Crippen molar-refractivity contribution in [2.45, 2.75) is 51.0 Å². The molecule has 0 radical (unpaired) electrons. The van der Waals surface area contributed by atoms with Gasteiger partial charge in [-0.2, -0.15) is 0 Å². The summed E-state index contributed by atoms with van der Waals surface area (Å²) in [5.74, 6) is 0.814. The van der Waals surface area contributed by atoms with E-state index in [0.29, 0.717) is 11.5 Å². The number of rotatable bonds is 6. The Balaban J connectivity index is 2.14. The van der Waals surface area contributed by atoms with Crippen LogP contribution in [0.1, 0.15) is 45.1 Å². The fourth-order valence-electron chi connectivity index (χ4n) is 2.93. The standard InChI is InChI=1S/C16H25N/c1-4-13(2)12-15(17-3)16(10-11-16)14-8-6-5-7-9-14/h5-9,13,15,17H,4,10-12H2,1-3H3. The Kier molecular flexibility index (Phi) is 3.88. The number of nitrogens with one attached hydrogen (secondary N) is 1. The molecule has 2 unspecified atom stereocenters. The Morgan fingerprint density at radius 3 is 2.35 bits per heavy atom. The van der Waals surface area contributed by atoms with Gasteiger partial charge in [0.15, 0.2) is 0 Å². The van der Waals surface area contributed by atoms with Crippen LogP contribution in [0, 0.1) is 5.92 Å². The molecule has 0 aromatic heterocycles. The molecular weight excluding hydrogens is 206 g/mol. The van der Waals surface area contributed by atoms with Crippen LogP contribution in [0.4, 0.5) is 0 Å². The summed E-state index contributed by atoms with van der Waals surface area (Å²) in [5, 5.41) is 3.57. The second-order valence-electron chi connectivity index (χ2n) is 5.61. The van der Waals surface area contributed by atoms with Crippen LogP contribution >= 0.6 is 0 Å². The lowest BCUT2D eigenvalue weighted by atomic mass is 9.82. The maximum Gasteiger partial charge on any atom is 0.0164 e. The van der Waals surface area contributed by atoms with E-state index in [-0.39, 0.29) is 0 Å². The molecule has 1 aliphatic carbocycles. The molecule has 17 heavy (non-hydrogen) atoms. The van der Waals surface area contributed by atoms with E-state index in [0.717, 1.165) is 5.92 Å². The lowest BCUT2D eigenvalue weighted by Crippen LogP contribution is -2.39. The van der Waals surface area contributed by atoms with Gasteiger partial charge in [-0.3, -0.25) is 0 Å². The Bertz CT molecular complexity index is 340. The molecule has 1 heteroatoms. The summed E-state index contributed by atoms with van der Waals surface area (Å²) < 4.78 is 0. The monoisotopic (exact) mass is 231 g/mol. The van der Waals surface area contributed by atoms with Crippen molar-refractivity contribution in [1.82, 2.24) is 5.32 Å². The predicted molar refractivity (Wildman–Crippen MR) is 74.3 cm³/mol. The molecule has 0 spiro atoms. The zero-order chi connectivity index (χ0) is 12.3. The number of hydrogen-bond donors (Lipinski definition) is 1. The minimum atomic E-state index is 0.430. The van der Waals surface area contributed by atoms with Gasteiger partial charge in [-0.15, -0.1) is 0 Å². The number of benzene rings is 1. The van der Waals surface area contributed by atoms with Gasteiger partial charge in [0.25, 0.3) is 0 Å². The van der Waals surface area contributed by atoms with E-state index >= 15 is 0 Å². The molecule has 0 saturated heterocycles. The SMILES string of the molecule is CCC(C)CC(NC)C1(c2ccccc2)CC1. The van der Waals surface area contributed by atoms with Crippen molar-refractivity contribution in [3.63, 3.8) is 0 Å². The van der Waals surface area contributed by atoms with Gasteiger partial charge < -0.3 is 5.32 Å². The van der Waals surface area contributed by atoms with Crippen molar-refractivity contribution in [3.8, 4) is 0 Å². The van der Waals surface area contributed by atoms with Crippen LogP contribution in [-0.2, 0) is 5.41 Å². The van der Waals surface area contributed by atoms with Gasteiger partial charge in [-0.25, -0.2) is 0 Å². The molecule has 2 atom stereocenters. The highest BCUT2D eigenvalue weighted by molar-refractivity contribution is 5.33. The zero-order valence-corrected chi connectivity index (χ0v) is 11.4. The van der Waals surface area contributed by atoms with Crippen LogP contribution in [0.2, 0.25) is 0 Å². The average Bonchev–Trinajstić information content (AvgIpc) is 3.18. The fraction of sp³-hybridized carbons (Fsp3) is 0.625. The van der Waals surface area contributed by atoms with E-state index in [2.05, 4.69) is 56.5 Å². The molecule has 1 fully saturated rings. The maximum absolute atomic E-state index is 3.57. The summed E-state index contributed by atoms with van der Waals surface area (Å²) >= 11 is 0. The van der Waals surface area contributed by atoms with E-state index in [4.69, 9.17) is 0 Å². The van der Waals surface area contributed by atoms with Crippen LogP contribution in [0.15, 0.2) is 30.3 Å². The zero-order valence-electron chi connectivity index (χ0n) is 11.4. The molecule has 1 aromatic carbocycles. The molecule has 0 bridgehead atoms. The molecule has 2 rings (SSSR count). The van der Waals surface area contributed by atoms with Crippen molar-refractivity contribution in [1.29, 1.82) is 0 Å². The maximum atomic E-state index is 3.57. The van der Waals surface area contributed by atoms with E-state index < -0.39 is 0 Å². The first kappa shape index (κ1) is 12.6. The topological polar surface area (TPSA) is 12.0 Å². The molecule has 1 saturated carbocycles. The largest absolute Gasteiger partial charge is 0.316 e. The highest BCUT2D eigenvalue weighted by Gasteiger charge is 2.49. The van der Waals surface area contributed by atoms with E-state index in [1.807, 2.05) is 0 Å². The lowest BCUT2D eigenvalue weighted by Gasteiger charge is -2.29. The molecule has 0 amide bonds. The Morgan fingerprint density at radius 2 is 1.88 bits per heavy atom. The first-order chi connectivity index (χ1) is 8.23. The summed E-state index contributed by atoms with van der Waals surface area (Å²) in [5.41, 5.74) is 1.96. The summed E-state index contributed by atoms with van der Waals surface area (Å²) in [6.45, 7) is 4.66. The molecule has 1 nitrogen and oxygen atoms in total. The lowest BCUT2D eigenvalue weighted by molar-refractivity contribution is 0.351. The van der Waals surface area contributed by atoms with Crippen molar-refractivity contribution >= 4 is 0 Å². The van der Waals surface area contributed by atoms with Gasteiger partial charge in [0.2, 0.25) is 0 Å².